The van der Waals surface area contributed by atoms with Gasteiger partial charge in [0.15, 0.2) is 0 Å². The third-order valence-corrected chi connectivity index (χ3v) is 5.71. The highest BCUT2D eigenvalue weighted by Gasteiger charge is 2.28. The van der Waals surface area contributed by atoms with E-state index in [1.54, 1.807) is 0 Å². The molecule has 0 unspecified atom stereocenters. The summed E-state index contributed by atoms with van der Waals surface area (Å²) >= 11 is 6.02. The van der Waals surface area contributed by atoms with E-state index in [1.807, 2.05) is 24.3 Å². The second-order valence-corrected chi connectivity index (χ2v) is 7.85. The SMILES string of the molecule is Cc1nc(Cl)c(C#CCCNC(=O)OCC2c3ccccc3-c3ccccc32)cc1[N+](=O)[O-]. The summed E-state index contributed by atoms with van der Waals surface area (Å²) in [7, 11) is 0. The molecule has 0 radical (unpaired) electrons. The van der Waals surface area contributed by atoms with Gasteiger partial charge in [0.05, 0.1) is 10.5 Å². The van der Waals surface area contributed by atoms with Gasteiger partial charge in [0.1, 0.15) is 17.5 Å². The molecule has 0 aliphatic heterocycles. The minimum absolute atomic E-state index is 0.00471. The van der Waals surface area contributed by atoms with Crippen LogP contribution in [0, 0.1) is 28.9 Å². The summed E-state index contributed by atoms with van der Waals surface area (Å²) < 4.78 is 5.47. The largest absolute Gasteiger partial charge is 0.449 e. The number of benzene rings is 2. The van der Waals surface area contributed by atoms with Crippen LogP contribution in [0.4, 0.5) is 10.5 Å². The number of amides is 1. The minimum Gasteiger partial charge on any atom is -0.449 e. The van der Waals surface area contributed by atoms with E-state index in [2.05, 4.69) is 46.4 Å². The number of nitro groups is 1. The van der Waals surface area contributed by atoms with Gasteiger partial charge in [-0.25, -0.2) is 9.78 Å². The molecule has 3 aromatic rings. The average molecular weight is 462 g/mol. The topological polar surface area (TPSA) is 94.4 Å². The lowest BCUT2D eigenvalue weighted by Crippen LogP contribution is -2.26. The number of hydrogen-bond donors (Lipinski definition) is 1. The summed E-state index contributed by atoms with van der Waals surface area (Å²) in [5.74, 6) is 5.60. The van der Waals surface area contributed by atoms with Crippen molar-refractivity contribution in [3.63, 3.8) is 0 Å². The number of aryl methyl sites for hydroxylation is 1. The van der Waals surface area contributed by atoms with Crippen LogP contribution in [0.1, 0.15) is 34.7 Å². The molecule has 166 valence electrons. The molecule has 2 aromatic carbocycles. The van der Waals surface area contributed by atoms with Crippen LogP contribution in [-0.2, 0) is 4.74 Å². The first-order chi connectivity index (χ1) is 16.0. The van der Waals surface area contributed by atoms with Crippen molar-refractivity contribution in [3.8, 4) is 23.0 Å². The molecule has 7 nitrogen and oxygen atoms in total. The van der Waals surface area contributed by atoms with Crippen LogP contribution in [0.3, 0.4) is 0 Å². The Morgan fingerprint density at radius 2 is 1.82 bits per heavy atom. The molecule has 0 bridgehead atoms. The fourth-order valence-electron chi connectivity index (χ4n) is 3.87. The molecule has 0 spiro atoms. The van der Waals surface area contributed by atoms with Gasteiger partial charge in [-0.3, -0.25) is 10.1 Å². The van der Waals surface area contributed by atoms with E-state index in [-0.39, 0.29) is 41.2 Å². The number of fused-ring (bicyclic) bond motifs is 3. The molecule has 0 atom stereocenters. The second kappa shape index (κ2) is 9.72. The van der Waals surface area contributed by atoms with E-state index in [9.17, 15) is 14.9 Å². The lowest BCUT2D eigenvalue weighted by molar-refractivity contribution is -0.385. The Bertz CT molecular complexity index is 1250. The minimum atomic E-state index is -0.525. The highest BCUT2D eigenvalue weighted by atomic mass is 35.5. The number of alkyl carbamates (subject to hydrolysis) is 1. The predicted molar refractivity (Wildman–Crippen MR) is 125 cm³/mol. The van der Waals surface area contributed by atoms with Crippen molar-refractivity contribution >= 4 is 23.4 Å². The van der Waals surface area contributed by atoms with Crippen LogP contribution < -0.4 is 5.32 Å². The Morgan fingerprint density at radius 1 is 1.18 bits per heavy atom. The standard InChI is InChI=1S/C25H20ClN3O4/c1-16-23(29(31)32)14-17(24(26)28-16)8-6-7-13-27-25(30)33-15-22-20-11-4-2-9-18(20)19-10-3-5-12-21(19)22/h2-5,9-12,14,22H,7,13,15H2,1H3,(H,27,30). The van der Waals surface area contributed by atoms with E-state index < -0.39 is 11.0 Å². The van der Waals surface area contributed by atoms with E-state index >= 15 is 0 Å². The van der Waals surface area contributed by atoms with Crippen molar-refractivity contribution in [1.29, 1.82) is 0 Å². The molecular formula is C25H20ClN3O4. The molecule has 1 aromatic heterocycles. The number of halogens is 1. The van der Waals surface area contributed by atoms with E-state index in [4.69, 9.17) is 16.3 Å². The number of pyridine rings is 1. The molecule has 1 aliphatic rings. The van der Waals surface area contributed by atoms with Gasteiger partial charge >= 0.3 is 6.09 Å². The Balaban J connectivity index is 1.31. The van der Waals surface area contributed by atoms with Gasteiger partial charge in [-0.05, 0) is 29.2 Å². The van der Waals surface area contributed by atoms with Crippen LogP contribution in [-0.4, -0.2) is 29.2 Å². The van der Waals surface area contributed by atoms with Gasteiger partial charge in [0.25, 0.3) is 5.69 Å². The quantitative estimate of drug-likeness (QED) is 0.184. The zero-order chi connectivity index (χ0) is 23.4. The molecule has 4 rings (SSSR count). The van der Waals surface area contributed by atoms with Crippen molar-refractivity contribution in [1.82, 2.24) is 10.3 Å². The Kier molecular flexibility index (Phi) is 6.57. The highest BCUT2D eigenvalue weighted by Crippen LogP contribution is 2.44. The summed E-state index contributed by atoms with van der Waals surface area (Å²) in [5.41, 5.74) is 5.00. The fourth-order valence-corrected chi connectivity index (χ4v) is 4.10. The molecule has 33 heavy (non-hydrogen) atoms. The summed E-state index contributed by atoms with van der Waals surface area (Å²) in [6.45, 7) is 2.02. The van der Waals surface area contributed by atoms with Gasteiger partial charge in [0, 0.05) is 24.9 Å². The van der Waals surface area contributed by atoms with Gasteiger partial charge in [-0.15, -0.1) is 0 Å². The first kappa shape index (κ1) is 22.3. The van der Waals surface area contributed by atoms with Gasteiger partial charge < -0.3 is 10.1 Å². The van der Waals surface area contributed by atoms with Crippen molar-refractivity contribution in [2.45, 2.75) is 19.3 Å². The lowest BCUT2D eigenvalue weighted by atomic mass is 9.98. The molecule has 0 saturated heterocycles. The Morgan fingerprint density at radius 3 is 2.45 bits per heavy atom. The molecular weight excluding hydrogens is 442 g/mol. The molecule has 0 fully saturated rings. The van der Waals surface area contributed by atoms with Gasteiger partial charge in [-0.2, -0.15) is 0 Å². The number of nitrogens with zero attached hydrogens (tertiary/aromatic N) is 2. The smallest absolute Gasteiger partial charge is 0.407 e. The molecule has 8 heteroatoms. The predicted octanol–water partition coefficient (Wildman–Crippen LogP) is 5.23. The first-order valence-corrected chi connectivity index (χ1v) is 10.7. The first-order valence-electron chi connectivity index (χ1n) is 10.3. The monoisotopic (exact) mass is 461 g/mol. The average Bonchev–Trinajstić information content (AvgIpc) is 3.12. The van der Waals surface area contributed by atoms with Crippen LogP contribution in [0.15, 0.2) is 54.6 Å². The van der Waals surface area contributed by atoms with Gasteiger partial charge in [0.2, 0.25) is 0 Å². The fraction of sp³-hybridized carbons (Fsp3) is 0.200. The third-order valence-electron chi connectivity index (χ3n) is 5.42. The van der Waals surface area contributed by atoms with Crippen molar-refractivity contribution < 1.29 is 14.5 Å². The summed E-state index contributed by atoms with van der Waals surface area (Å²) in [5, 5.41) is 13.8. The van der Waals surface area contributed by atoms with Gasteiger partial charge in [-0.1, -0.05) is 72.0 Å². The Labute approximate surface area is 195 Å². The zero-order valence-electron chi connectivity index (χ0n) is 17.8. The van der Waals surface area contributed by atoms with E-state index in [0.29, 0.717) is 6.42 Å². The number of carbonyl (C=O) groups excluding carboxylic acids is 1. The maximum absolute atomic E-state index is 12.2. The summed E-state index contributed by atoms with van der Waals surface area (Å²) in [4.78, 5) is 26.6. The molecule has 1 aliphatic carbocycles. The molecule has 1 N–H and O–H groups in total. The molecule has 1 amide bonds. The number of rotatable bonds is 5. The molecule has 0 saturated carbocycles. The van der Waals surface area contributed by atoms with Crippen LogP contribution in [0.2, 0.25) is 5.15 Å². The molecule has 1 heterocycles. The van der Waals surface area contributed by atoms with E-state index in [0.717, 1.165) is 11.1 Å². The van der Waals surface area contributed by atoms with Crippen molar-refractivity contribution in [2.24, 2.45) is 0 Å². The van der Waals surface area contributed by atoms with Crippen LogP contribution >= 0.6 is 11.6 Å². The maximum Gasteiger partial charge on any atom is 0.407 e. The third kappa shape index (κ3) is 4.81. The summed E-state index contributed by atoms with van der Waals surface area (Å²) in [6, 6.07) is 17.6. The zero-order valence-corrected chi connectivity index (χ0v) is 18.6. The lowest BCUT2D eigenvalue weighted by Gasteiger charge is -2.14. The summed E-state index contributed by atoms with van der Waals surface area (Å²) in [6.07, 6.45) is -0.202. The number of aromatic nitrogens is 1. The van der Waals surface area contributed by atoms with E-state index in [1.165, 1.54) is 24.1 Å². The van der Waals surface area contributed by atoms with Crippen LogP contribution in [0.25, 0.3) is 11.1 Å². The number of nitrogens with one attached hydrogen (secondary N) is 1. The maximum atomic E-state index is 12.2. The second-order valence-electron chi connectivity index (χ2n) is 7.49. The highest BCUT2D eigenvalue weighted by molar-refractivity contribution is 6.30. The van der Waals surface area contributed by atoms with Crippen molar-refractivity contribution in [2.75, 3.05) is 13.2 Å². The Hall–Kier alpha value is -3.89. The number of ether oxygens (including phenoxy) is 1. The normalized spacial score (nSPS) is 11.7. The number of hydrogen-bond acceptors (Lipinski definition) is 5. The number of carbonyl (C=O) groups is 1. The van der Waals surface area contributed by atoms with Crippen LogP contribution in [0.5, 0.6) is 0 Å². The van der Waals surface area contributed by atoms with Crippen molar-refractivity contribution in [3.05, 3.63) is 92.2 Å².